The molecule has 0 heterocycles. The third kappa shape index (κ3) is 7.34. The van der Waals surface area contributed by atoms with Gasteiger partial charge < -0.3 is 9.47 Å². The summed E-state index contributed by atoms with van der Waals surface area (Å²) in [7, 11) is 0. The summed E-state index contributed by atoms with van der Waals surface area (Å²) in [6.45, 7) is 12.4. The van der Waals surface area contributed by atoms with Gasteiger partial charge in [0.05, 0.1) is 24.8 Å². The molecular formula is C31H38N2O3. The summed E-state index contributed by atoms with van der Waals surface area (Å²) in [4.78, 5) is 16.3. The molecule has 1 fully saturated rings. The van der Waals surface area contributed by atoms with Crippen LogP contribution in [0.5, 0.6) is 11.5 Å². The Bertz CT molecular complexity index is 1070. The molecule has 5 nitrogen and oxygen atoms in total. The lowest BCUT2D eigenvalue weighted by Crippen LogP contribution is -2.14. The SMILES string of the molecule is [C-]#[N+]c1c(OC(=O)c2ccc(C3CCC(CCCCC)CC3)cc2)ccc(OCCCCC)c1C#N. The van der Waals surface area contributed by atoms with E-state index in [0.29, 0.717) is 23.8 Å². The van der Waals surface area contributed by atoms with Crippen LogP contribution in [0.15, 0.2) is 36.4 Å². The monoisotopic (exact) mass is 486 g/mol. The van der Waals surface area contributed by atoms with Crippen LogP contribution in [0.2, 0.25) is 0 Å². The molecule has 2 aromatic carbocycles. The number of hydrogen-bond acceptors (Lipinski definition) is 4. The summed E-state index contributed by atoms with van der Waals surface area (Å²) < 4.78 is 11.3. The maximum atomic E-state index is 12.8. The number of rotatable bonds is 12. The summed E-state index contributed by atoms with van der Waals surface area (Å²) in [6.07, 6.45) is 13.3. The Kier molecular flexibility index (Phi) is 10.8. The van der Waals surface area contributed by atoms with Gasteiger partial charge in [-0.05, 0) is 73.8 Å². The molecule has 5 heteroatoms. The highest BCUT2D eigenvalue weighted by atomic mass is 16.5. The molecule has 0 aliphatic heterocycles. The van der Waals surface area contributed by atoms with E-state index in [2.05, 4.69) is 18.7 Å². The quantitative estimate of drug-likeness (QED) is 0.130. The first kappa shape index (κ1) is 27.3. The molecule has 190 valence electrons. The van der Waals surface area contributed by atoms with Crippen molar-refractivity contribution in [2.45, 2.75) is 90.4 Å². The Balaban J connectivity index is 1.61. The minimum atomic E-state index is -0.536. The van der Waals surface area contributed by atoms with Crippen LogP contribution in [0.3, 0.4) is 0 Å². The van der Waals surface area contributed by atoms with Gasteiger partial charge in [-0.2, -0.15) is 5.26 Å². The van der Waals surface area contributed by atoms with Crippen LogP contribution in [0.25, 0.3) is 4.85 Å². The van der Waals surface area contributed by atoms with Gasteiger partial charge >= 0.3 is 5.97 Å². The predicted molar refractivity (Wildman–Crippen MR) is 143 cm³/mol. The van der Waals surface area contributed by atoms with E-state index < -0.39 is 5.97 Å². The Morgan fingerprint density at radius 2 is 1.64 bits per heavy atom. The highest BCUT2D eigenvalue weighted by Crippen LogP contribution is 2.39. The van der Waals surface area contributed by atoms with Crippen LogP contribution in [-0.4, -0.2) is 12.6 Å². The predicted octanol–water partition coefficient (Wildman–Crippen LogP) is 8.75. The third-order valence-corrected chi connectivity index (χ3v) is 7.21. The van der Waals surface area contributed by atoms with E-state index in [4.69, 9.17) is 16.0 Å². The van der Waals surface area contributed by atoms with Gasteiger partial charge in [-0.1, -0.05) is 64.5 Å². The van der Waals surface area contributed by atoms with Crippen molar-refractivity contribution in [2.24, 2.45) is 5.92 Å². The molecule has 1 saturated carbocycles. The molecule has 0 N–H and O–H groups in total. The third-order valence-electron chi connectivity index (χ3n) is 7.21. The zero-order chi connectivity index (χ0) is 25.8. The van der Waals surface area contributed by atoms with Gasteiger partial charge in [0.25, 0.3) is 0 Å². The number of carbonyl (C=O) groups is 1. The van der Waals surface area contributed by atoms with Crippen molar-refractivity contribution < 1.29 is 14.3 Å². The summed E-state index contributed by atoms with van der Waals surface area (Å²) in [6, 6.07) is 12.8. The standard InChI is InChI=1S/C31H38N2O3/c1-4-6-8-10-23-11-13-24(14-12-23)25-15-17-26(18-16-25)31(34)36-29-20-19-28(35-21-9-7-5-2)27(22-32)30(29)33-3/h15-20,23-24H,4-14,21H2,1-2H3. The lowest BCUT2D eigenvalue weighted by Gasteiger charge is -2.29. The average Bonchev–Trinajstić information content (AvgIpc) is 2.92. The lowest BCUT2D eigenvalue weighted by molar-refractivity contribution is 0.0735. The van der Waals surface area contributed by atoms with Crippen molar-refractivity contribution in [3.63, 3.8) is 0 Å². The largest absolute Gasteiger partial charge is 0.494 e. The number of benzene rings is 2. The molecule has 0 aromatic heterocycles. The van der Waals surface area contributed by atoms with Gasteiger partial charge in [0.15, 0.2) is 0 Å². The second-order valence-electron chi connectivity index (χ2n) is 9.79. The van der Waals surface area contributed by atoms with Gasteiger partial charge in [-0.3, -0.25) is 0 Å². The van der Waals surface area contributed by atoms with E-state index in [1.165, 1.54) is 63.0 Å². The molecule has 0 spiro atoms. The van der Waals surface area contributed by atoms with Crippen molar-refractivity contribution in [3.8, 4) is 17.6 Å². The second-order valence-corrected chi connectivity index (χ2v) is 9.79. The molecule has 1 aliphatic carbocycles. The van der Waals surface area contributed by atoms with Gasteiger partial charge in [-0.25, -0.2) is 9.64 Å². The van der Waals surface area contributed by atoms with Gasteiger partial charge in [0.1, 0.15) is 17.1 Å². The fourth-order valence-electron chi connectivity index (χ4n) is 5.03. The average molecular weight is 487 g/mol. The van der Waals surface area contributed by atoms with E-state index in [0.717, 1.165) is 25.2 Å². The molecule has 0 saturated heterocycles. The van der Waals surface area contributed by atoms with E-state index in [9.17, 15) is 10.1 Å². The molecule has 0 atom stereocenters. The van der Waals surface area contributed by atoms with Crippen LogP contribution in [0, 0.1) is 23.8 Å². The molecule has 0 unspecified atom stereocenters. The van der Waals surface area contributed by atoms with E-state index in [1.807, 2.05) is 18.2 Å². The maximum Gasteiger partial charge on any atom is 0.342 e. The minimum absolute atomic E-state index is 0.00570. The Hall–Kier alpha value is -3.31. The smallest absolute Gasteiger partial charge is 0.342 e. The molecule has 3 rings (SSSR count). The molecule has 36 heavy (non-hydrogen) atoms. The zero-order valence-corrected chi connectivity index (χ0v) is 21.7. The molecule has 0 radical (unpaired) electrons. The van der Waals surface area contributed by atoms with Crippen LogP contribution in [0.1, 0.15) is 112 Å². The van der Waals surface area contributed by atoms with Crippen molar-refractivity contribution in [1.82, 2.24) is 0 Å². The Morgan fingerprint density at radius 3 is 2.28 bits per heavy atom. The van der Waals surface area contributed by atoms with E-state index in [-0.39, 0.29) is 17.0 Å². The van der Waals surface area contributed by atoms with Gasteiger partial charge in [0, 0.05) is 0 Å². The number of esters is 1. The molecule has 2 aromatic rings. The Morgan fingerprint density at radius 1 is 0.972 bits per heavy atom. The summed E-state index contributed by atoms with van der Waals surface area (Å²) >= 11 is 0. The minimum Gasteiger partial charge on any atom is -0.494 e. The first-order valence-corrected chi connectivity index (χ1v) is 13.5. The van der Waals surface area contributed by atoms with Crippen molar-refractivity contribution in [3.05, 3.63) is 64.5 Å². The number of nitrogens with zero attached hydrogens (tertiary/aromatic N) is 2. The van der Waals surface area contributed by atoms with E-state index in [1.54, 1.807) is 18.2 Å². The fourth-order valence-corrected chi connectivity index (χ4v) is 5.03. The number of unbranched alkanes of at least 4 members (excludes halogenated alkanes) is 4. The normalized spacial score (nSPS) is 17.1. The van der Waals surface area contributed by atoms with Crippen LogP contribution < -0.4 is 9.47 Å². The van der Waals surface area contributed by atoms with Crippen LogP contribution >= 0.6 is 0 Å². The molecule has 0 bridgehead atoms. The lowest BCUT2D eigenvalue weighted by atomic mass is 9.77. The summed E-state index contributed by atoms with van der Waals surface area (Å²) in [5.74, 6) is 1.31. The first-order valence-electron chi connectivity index (χ1n) is 13.5. The summed E-state index contributed by atoms with van der Waals surface area (Å²) in [5, 5.41) is 9.62. The number of ether oxygens (including phenoxy) is 2. The van der Waals surface area contributed by atoms with Crippen LogP contribution in [0.4, 0.5) is 5.69 Å². The summed E-state index contributed by atoms with van der Waals surface area (Å²) in [5.41, 5.74) is 1.82. The molecular weight excluding hydrogens is 448 g/mol. The highest BCUT2D eigenvalue weighted by molar-refractivity contribution is 5.92. The first-order chi connectivity index (χ1) is 17.6. The molecule has 0 amide bonds. The van der Waals surface area contributed by atoms with Gasteiger partial charge in [0.2, 0.25) is 5.69 Å². The number of nitriles is 1. The van der Waals surface area contributed by atoms with Gasteiger partial charge in [-0.15, -0.1) is 0 Å². The number of carbonyl (C=O) groups excluding carboxylic acids is 1. The molecule has 1 aliphatic rings. The van der Waals surface area contributed by atoms with Crippen molar-refractivity contribution in [1.29, 1.82) is 5.26 Å². The van der Waals surface area contributed by atoms with Crippen LogP contribution in [-0.2, 0) is 0 Å². The zero-order valence-electron chi connectivity index (χ0n) is 21.7. The Labute approximate surface area is 216 Å². The van der Waals surface area contributed by atoms with Crippen molar-refractivity contribution in [2.75, 3.05) is 6.61 Å². The second kappa shape index (κ2) is 14.3. The topological polar surface area (TPSA) is 63.7 Å². The fraction of sp³-hybridized carbons (Fsp3) is 0.516. The van der Waals surface area contributed by atoms with E-state index >= 15 is 0 Å². The highest BCUT2D eigenvalue weighted by Gasteiger charge is 2.23. The number of hydrogen-bond donors (Lipinski definition) is 0. The van der Waals surface area contributed by atoms with Crippen molar-refractivity contribution >= 4 is 11.7 Å². The maximum absolute atomic E-state index is 12.8.